The molecule has 0 spiro atoms. The summed E-state index contributed by atoms with van der Waals surface area (Å²) in [5.74, 6) is 1.67. The predicted molar refractivity (Wildman–Crippen MR) is 71.1 cm³/mol. The Hall–Kier alpha value is -0.120. The Bertz CT molecular complexity index is 228. The zero-order chi connectivity index (χ0) is 12.3. The van der Waals surface area contributed by atoms with Crippen LogP contribution in [0.25, 0.3) is 0 Å². The molecule has 1 saturated heterocycles. The van der Waals surface area contributed by atoms with Gasteiger partial charge in [0.2, 0.25) is 0 Å². The van der Waals surface area contributed by atoms with Crippen molar-refractivity contribution < 1.29 is 5.11 Å². The SMILES string of the molecule is CC(C)C1CCC(CO)(N2CCNCC2)CC1. The minimum absolute atomic E-state index is 0.105. The maximum absolute atomic E-state index is 9.86. The highest BCUT2D eigenvalue weighted by atomic mass is 16.3. The fraction of sp³-hybridized carbons (Fsp3) is 1.00. The highest BCUT2D eigenvalue weighted by molar-refractivity contribution is 4.96. The highest BCUT2D eigenvalue weighted by Crippen LogP contribution is 2.39. The number of nitrogens with one attached hydrogen (secondary N) is 1. The van der Waals surface area contributed by atoms with Gasteiger partial charge in [0.05, 0.1) is 6.61 Å². The first-order valence-electron chi connectivity index (χ1n) is 7.24. The second kappa shape index (κ2) is 5.68. The van der Waals surface area contributed by atoms with Gasteiger partial charge in [-0.1, -0.05) is 13.8 Å². The molecule has 0 unspecified atom stereocenters. The predicted octanol–water partition coefficient (Wildman–Crippen LogP) is 1.47. The van der Waals surface area contributed by atoms with Gasteiger partial charge in [0, 0.05) is 31.7 Å². The Balaban J connectivity index is 1.96. The fourth-order valence-corrected chi connectivity index (χ4v) is 3.56. The minimum atomic E-state index is 0.105. The third-order valence-electron chi connectivity index (χ3n) is 4.99. The van der Waals surface area contributed by atoms with Gasteiger partial charge in [-0.15, -0.1) is 0 Å². The van der Waals surface area contributed by atoms with Crippen molar-refractivity contribution >= 4 is 0 Å². The normalized spacial score (nSPS) is 36.4. The maximum Gasteiger partial charge on any atom is 0.0615 e. The van der Waals surface area contributed by atoms with E-state index in [1.165, 1.54) is 25.7 Å². The van der Waals surface area contributed by atoms with Crippen LogP contribution >= 0.6 is 0 Å². The number of aliphatic hydroxyl groups excluding tert-OH is 1. The number of hydrogen-bond donors (Lipinski definition) is 2. The van der Waals surface area contributed by atoms with Crippen LogP contribution in [0, 0.1) is 11.8 Å². The first kappa shape index (κ1) is 13.3. The van der Waals surface area contributed by atoms with Crippen LogP contribution in [0.3, 0.4) is 0 Å². The molecule has 1 saturated carbocycles. The lowest BCUT2D eigenvalue weighted by atomic mass is 9.72. The van der Waals surface area contributed by atoms with Crippen molar-refractivity contribution in [2.75, 3.05) is 32.8 Å². The monoisotopic (exact) mass is 240 g/mol. The van der Waals surface area contributed by atoms with E-state index < -0.39 is 0 Å². The highest BCUT2D eigenvalue weighted by Gasteiger charge is 2.40. The van der Waals surface area contributed by atoms with Crippen LogP contribution in [-0.2, 0) is 0 Å². The lowest BCUT2D eigenvalue weighted by Crippen LogP contribution is -2.59. The molecule has 0 atom stereocenters. The van der Waals surface area contributed by atoms with Crippen molar-refractivity contribution in [1.82, 2.24) is 10.2 Å². The molecule has 1 aliphatic heterocycles. The molecule has 3 heteroatoms. The smallest absolute Gasteiger partial charge is 0.0615 e. The summed E-state index contributed by atoms with van der Waals surface area (Å²) < 4.78 is 0. The van der Waals surface area contributed by atoms with Crippen LogP contribution in [0.5, 0.6) is 0 Å². The van der Waals surface area contributed by atoms with E-state index in [0.29, 0.717) is 6.61 Å². The number of aliphatic hydroxyl groups is 1. The van der Waals surface area contributed by atoms with Crippen LogP contribution < -0.4 is 5.32 Å². The Labute approximate surface area is 106 Å². The summed E-state index contributed by atoms with van der Waals surface area (Å²) in [6, 6.07) is 0. The van der Waals surface area contributed by atoms with Crippen molar-refractivity contribution in [3.05, 3.63) is 0 Å². The van der Waals surface area contributed by atoms with E-state index >= 15 is 0 Å². The Kier molecular flexibility index (Phi) is 4.45. The summed E-state index contributed by atoms with van der Waals surface area (Å²) in [7, 11) is 0. The van der Waals surface area contributed by atoms with Crippen LogP contribution in [0.1, 0.15) is 39.5 Å². The van der Waals surface area contributed by atoms with E-state index in [0.717, 1.165) is 38.0 Å². The van der Waals surface area contributed by atoms with E-state index in [9.17, 15) is 5.11 Å². The first-order chi connectivity index (χ1) is 8.18. The molecule has 2 rings (SSSR count). The molecule has 2 aliphatic rings. The van der Waals surface area contributed by atoms with Crippen molar-refractivity contribution in [3.8, 4) is 0 Å². The second-order valence-corrected chi connectivity index (χ2v) is 6.20. The summed E-state index contributed by atoms with van der Waals surface area (Å²) in [5, 5.41) is 13.3. The Morgan fingerprint density at radius 1 is 1.24 bits per heavy atom. The van der Waals surface area contributed by atoms with Gasteiger partial charge >= 0.3 is 0 Å². The van der Waals surface area contributed by atoms with E-state index in [1.807, 2.05) is 0 Å². The van der Waals surface area contributed by atoms with Crippen LogP contribution in [0.15, 0.2) is 0 Å². The Morgan fingerprint density at radius 2 is 1.82 bits per heavy atom. The zero-order valence-corrected chi connectivity index (χ0v) is 11.4. The molecule has 0 amide bonds. The molecule has 1 aliphatic carbocycles. The summed E-state index contributed by atoms with van der Waals surface area (Å²) in [4.78, 5) is 2.54. The van der Waals surface area contributed by atoms with Gasteiger partial charge in [-0.2, -0.15) is 0 Å². The molecule has 2 fully saturated rings. The molecule has 17 heavy (non-hydrogen) atoms. The summed E-state index contributed by atoms with van der Waals surface area (Å²) in [5.41, 5.74) is 0.105. The number of piperazine rings is 1. The number of rotatable bonds is 3. The van der Waals surface area contributed by atoms with Crippen molar-refractivity contribution in [1.29, 1.82) is 0 Å². The van der Waals surface area contributed by atoms with Gasteiger partial charge < -0.3 is 10.4 Å². The molecule has 3 nitrogen and oxygen atoms in total. The topological polar surface area (TPSA) is 35.5 Å². The molecule has 0 aromatic rings. The maximum atomic E-state index is 9.86. The molecule has 0 radical (unpaired) electrons. The lowest BCUT2D eigenvalue weighted by molar-refractivity contribution is -0.0206. The van der Waals surface area contributed by atoms with Gasteiger partial charge in [-0.3, -0.25) is 4.90 Å². The first-order valence-corrected chi connectivity index (χ1v) is 7.24. The molecular weight excluding hydrogens is 212 g/mol. The molecular formula is C14H28N2O. The second-order valence-electron chi connectivity index (χ2n) is 6.20. The van der Waals surface area contributed by atoms with E-state index in [1.54, 1.807) is 0 Å². The average molecular weight is 240 g/mol. The van der Waals surface area contributed by atoms with Crippen molar-refractivity contribution in [3.63, 3.8) is 0 Å². The standard InChI is InChI=1S/C14H28N2O/c1-12(2)13-3-5-14(11-17,6-4-13)16-9-7-15-8-10-16/h12-13,15,17H,3-11H2,1-2H3. The number of hydrogen-bond acceptors (Lipinski definition) is 3. The molecule has 0 aromatic heterocycles. The largest absolute Gasteiger partial charge is 0.394 e. The third-order valence-corrected chi connectivity index (χ3v) is 4.99. The molecule has 0 bridgehead atoms. The lowest BCUT2D eigenvalue weighted by Gasteiger charge is -2.49. The van der Waals surface area contributed by atoms with Crippen LogP contribution in [-0.4, -0.2) is 48.3 Å². The van der Waals surface area contributed by atoms with Gasteiger partial charge in [-0.05, 0) is 37.5 Å². The molecule has 100 valence electrons. The molecule has 0 aromatic carbocycles. The third kappa shape index (κ3) is 2.83. The Morgan fingerprint density at radius 3 is 2.29 bits per heavy atom. The quantitative estimate of drug-likeness (QED) is 0.784. The zero-order valence-electron chi connectivity index (χ0n) is 11.4. The van der Waals surface area contributed by atoms with Gasteiger partial charge in [0.1, 0.15) is 0 Å². The summed E-state index contributed by atoms with van der Waals surface area (Å²) >= 11 is 0. The van der Waals surface area contributed by atoms with Crippen molar-refractivity contribution in [2.24, 2.45) is 11.8 Å². The van der Waals surface area contributed by atoms with E-state index in [4.69, 9.17) is 0 Å². The van der Waals surface area contributed by atoms with Gasteiger partial charge in [-0.25, -0.2) is 0 Å². The number of nitrogens with zero attached hydrogens (tertiary/aromatic N) is 1. The fourth-order valence-electron chi connectivity index (χ4n) is 3.56. The summed E-state index contributed by atoms with van der Waals surface area (Å²) in [6.07, 6.45) is 4.96. The molecule has 1 heterocycles. The van der Waals surface area contributed by atoms with Gasteiger partial charge in [0.15, 0.2) is 0 Å². The van der Waals surface area contributed by atoms with Gasteiger partial charge in [0.25, 0.3) is 0 Å². The van der Waals surface area contributed by atoms with Crippen molar-refractivity contribution in [2.45, 2.75) is 45.1 Å². The van der Waals surface area contributed by atoms with Crippen LogP contribution in [0.2, 0.25) is 0 Å². The minimum Gasteiger partial charge on any atom is -0.394 e. The molecule has 2 N–H and O–H groups in total. The average Bonchev–Trinajstić information content (AvgIpc) is 2.40. The van der Waals surface area contributed by atoms with Crippen LogP contribution in [0.4, 0.5) is 0 Å². The van der Waals surface area contributed by atoms with E-state index in [-0.39, 0.29) is 5.54 Å². The summed E-state index contributed by atoms with van der Waals surface area (Å²) in [6.45, 7) is 9.38. The van der Waals surface area contributed by atoms with E-state index in [2.05, 4.69) is 24.1 Å².